The molecule has 1 N–H and O–H groups in total. The van der Waals surface area contributed by atoms with Crippen LogP contribution in [0.15, 0.2) is 42.5 Å². The molecule has 1 aliphatic heterocycles. The number of ketones is 1. The predicted octanol–water partition coefficient (Wildman–Crippen LogP) is 5.44. The number of aromatic nitrogens is 2. The first-order chi connectivity index (χ1) is 16.6. The molecule has 0 bridgehead atoms. The van der Waals surface area contributed by atoms with E-state index < -0.39 is 0 Å². The van der Waals surface area contributed by atoms with E-state index >= 15 is 0 Å². The van der Waals surface area contributed by atoms with Crippen LogP contribution in [0.5, 0.6) is 0 Å². The molecule has 0 unspecified atom stereocenters. The SMILES string of the molecule is CC(=O)c1ccc2c(c1)Cc1nc(Cc3ccccc3C)nc(NCCCN3CCCCC3)c1-2. The average molecular weight is 455 g/mol. The maximum absolute atomic E-state index is 11.9. The van der Waals surface area contributed by atoms with Gasteiger partial charge in [0, 0.05) is 30.5 Å². The molecule has 3 aromatic rings. The van der Waals surface area contributed by atoms with Crippen molar-refractivity contribution in [2.75, 3.05) is 31.5 Å². The predicted molar refractivity (Wildman–Crippen MR) is 138 cm³/mol. The van der Waals surface area contributed by atoms with Gasteiger partial charge in [-0.25, -0.2) is 9.97 Å². The fourth-order valence-corrected chi connectivity index (χ4v) is 5.23. The lowest BCUT2D eigenvalue weighted by Gasteiger charge is -2.26. The molecule has 34 heavy (non-hydrogen) atoms. The van der Waals surface area contributed by atoms with Gasteiger partial charge in [0.1, 0.15) is 11.6 Å². The highest BCUT2D eigenvalue weighted by Crippen LogP contribution is 2.40. The Morgan fingerprint density at radius 2 is 1.88 bits per heavy atom. The number of piperidine rings is 1. The summed E-state index contributed by atoms with van der Waals surface area (Å²) in [5, 5.41) is 3.66. The summed E-state index contributed by atoms with van der Waals surface area (Å²) >= 11 is 0. The zero-order valence-electron chi connectivity index (χ0n) is 20.4. The van der Waals surface area contributed by atoms with Gasteiger partial charge in [0.25, 0.3) is 0 Å². The topological polar surface area (TPSA) is 58.1 Å². The van der Waals surface area contributed by atoms with Crippen molar-refractivity contribution in [3.8, 4) is 11.1 Å². The Hall–Kier alpha value is -3.05. The van der Waals surface area contributed by atoms with Crippen molar-refractivity contribution in [3.05, 3.63) is 76.2 Å². The van der Waals surface area contributed by atoms with Gasteiger partial charge in [0.05, 0.1) is 5.69 Å². The van der Waals surface area contributed by atoms with Crippen LogP contribution in [0, 0.1) is 6.92 Å². The van der Waals surface area contributed by atoms with Crippen LogP contribution in [0.3, 0.4) is 0 Å². The van der Waals surface area contributed by atoms with Crippen molar-refractivity contribution in [2.45, 2.75) is 52.4 Å². The number of hydrogen-bond donors (Lipinski definition) is 1. The molecule has 5 nitrogen and oxygen atoms in total. The third-order valence-electron chi connectivity index (χ3n) is 7.17. The summed E-state index contributed by atoms with van der Waals surface area (Å²) < 4.78 is 0. The zero-order valence-corrected chi connectivity index (χ0v) is 20.4. The van der Waals surface area contributed by atoms with E-state index in [4.69, 9.17) is 9.97 Å². The lowest BCUT2D eigenvalue weighted by Crippen LogP contribution is -2.31. The third-order valence-corrected chi connectivity index (χ3v) is 7.17. The van der Waals surface area contributed by atoms with Crippen LogP contribution in [-0.2, 0) is 12.8 Å². The number of nitrogens with zero attached hydrogens (tertiary/aromatic N) is 3. The molecule has 0 amide bonds. The minimum absolute atomic E-state index is 0.0983. The van der Waals surface area contributed by atoms with Crippen LogP contribution < -0.4 is 5.32 Å². The molecule has 1 aromatic heterocycles. The summed E-state index contributed by atoms with van der Waals surface area (Å²) in [5.74, 6) is 1.88. The second-order valence-corrected chi connectivity index (χ2v) is 9.70. The Labute approximate surface area is 202 Å². The third kappa shape index (κ3) is 4.90. The molecule has 1 fully saturated rings. The number of benzene rings is 2. The van der Waals surface area contributed by atoms with Gasteiger partial charge < -0.3 is 10.2 Å². The highest BCUT2D eigenvalue weighted by atomic mass is 16.1. The summed E-state index contributed by atoms with van der Waals surface area (Å²) in [6.45, 7) is 8.26. The van der Waals surface area contributed by atoms with Crippen LogP contribution in [-0.4, -0.2) is 46.8 Å². The van der Waals surface area contributed by atoms with Crippen LogP contribution in [0.2, 0.25) is 0 Å². The van der Waals surface area contributed by atoms with E-state index in [2.05, 4.69) is 47.5 Å². The van der Waals surface area contributed by atoms with Gasteiger partial charge in [-0.1, -0.05) is 42.8 Å². The number of carbonyl (C=O) groups excluding carboxylic acids is 1. The molecule has 0 saturated carbocycles. The van der Waals surface area contributed by atoms with Crippen LogP contribution >= 0.6 is 0 Å². The van der Waals surface area contributed by atoms with E-state index in [1.165, 1.54) is 49.0 Å². The van der Waals surface area contributed by atoms with Crippen molar-refractivity contribution in [1.82, 2.24) is 14.9 Å². The monoisotopic (exact) mass is 454 g/mol. The molecule has 0 atom stereocenters. The van der Waals surface area contributed by atoms with E-state index in [0.717, 1.165) is 66.4 Å². The molecule has 2 aliphatic rings. The fourth-order valence-electron chi connectivity index (χ4n) is 5.23. The Morgan fingerprint density at radius 3 is 2.68 bits per heavy atom. The number of anilines is 1. The van der Waals surface area contributed by atoms with Gasteiger partial charge in [-0.2, -0.15) is 0 Å². The number of fused-ring (bicyclic) bond motifs is 3. The first-order valence-corrected chi connectivity index (χ1v) is 12.6. The molecular formula is C29H34N4O. The number of nitrogens with one attached hydrogen (secondary N) is 1. The maximum atomic E-state index is 11.9. The Morgan fingerprint density at radius 1 is 1.06 bits per heavy atom. The molecule has 0 spiro atoms. The number of hydrogen-bond acceptors (Lipinski definition) is 5. The Bertz CT molecular complexity index is 1200. The maximum Gasteiger partial charge on any atom is 0.159 e. The average Bonchev–Trinajstić information content (AvgIpc) is 3.21. The van der Waals surface area contributed by atoms with Gasteiger partial charge in [-0.05, 0) is 81.1 Å². The van der Waals surface area contributed by atoms with Gasteiger partial charge >= 0.3 is 0 Å². The molecule has 1 aliphatic carbocycles. The normalized spacial score (nSPS) is 15.1. The smallest absolute Gasteiger partial charge is 0.159 e. The number of aryl methyl sites for hydroxylation is 1. The molecule has 0 radical (unpaired) electrons. The summed E-state index contributed by atoms with van der Waals surface area (Å²) in [6, 6.07) is 14.5. The second kappa shape index (κ2) is 10.1. The number of likely N-dealkylation sites (tertiary alicyclic amines) is 1. The van der Waals surface area contributed by atoms with Crippen LogP contribution in [0.25, 0.3) is 11.1 Å². The van der Waals surface area contributed by atoms with E-state index in [1.54, 1.807) is 6.92 Å². The lowest BCUT2D eigenvalue weighted by atomic mass is 10.0. The lowest BCUT2D eigenvalue weighted by molar-refractivity contribution is 0.101. The van der Waals surface area contributed by atoms with Crippen molar-refractivity contribution in [2.24, 2.45) is 0 Å². The van der Waals surface area contributed by atoms with Gasteiger partial charge in [-0.3, -0.25) is 4.79 Å². The molecular weight excluding hydrogens is 420 g/mol. The highest BCUT2D eigenvalue weighted by Gasteiger charge is 2.26. The molecule has 2 heterocycles. The van der Waals surface area contributed by atoms with Crippen molar-refractivity contribution < 1.29 is 4.79 Å². The Kier molecular flexibility index (Phi) is 6.73. The Balaban J connectivity index is 1.41. The largest absolute Gasteiger partial charge is 0.369 e. The van der Waals surface area contributed by atoms with Crippen molar-refractivity contribution >= 4 is 11.6 Å². The number of rotatable bonds is 8. The molecule has 176 valence electrons. The van der Waals surface area contributed by atoms with Crippen LogP contribution in [0.4, 0.5) is 5.82 Å². The summed E-state index contributed by atoms with van der Waals surface area (Å²) in [7, 11) is 0. The van der Waals surface area contributed by atoms with Gasteiger partial charge in [-0.15, -0.1) is 0 Å². The standard InChI is InChI=1S/C29H34N4O/c1-20-9-4-5-10-22(20)19-27-31-26-18-24-17-23(21(2)34)11-12-25(24)28(26)29(32-27)30-13-8-16-33-14-6-3-7-15-33/h4-5,9-12,17H,3,6-8,13-16,18-19H2,1-2H3,(H,30,31,32). The van der Waals surface area contributed by atoms with Gasteiger partial charge in [0.2, 0.25) is 0 Å². The van der Waals surface area contributed by atoms with Crippen molar-refractivity contribution in [3.63, 3.8) is 0 Å². The number of Topliss-reactive ketones (excluding diaryl/α,β-unsaturated/α-hetero) is 1. The minimum atomic E-state index is 0.0983. The minimum Gasteiger partial charge on any atom is -0.369 e. The molecule has 5 heteroatoms. The quantitative estimate of drug-likeness (QED) is 0.284. The van der Waals surface area contributed by atoms with E-state index in [0.29, 0.717) is 0 Å². The molecule has 1 saturated heterocycles. The van der Waals surface area contributed by atoms with Crippen molar-refractivity contribution in [1.29, 1.82) is 0 Å². The highest BCUT2D eigenvalue weighted by molar-refractivity contribution is 5.96. The molecule has 5 rings (SSSR count). The zero-order chi connectivity index (χ0) is 23.5. The van der Waals surface area contributed by atoms with E-state index in [-0.39, 0.29) is 5.78 Å². The molecule has 2 aromatic carbocycles. The second-order valence-electron chi connectivity index (χ2n) is 9.70. The summed E-state index contributed by atoms with van der Waals surface area (Å²) in [4.78, 5) is 24.5. The van der Waals surface area contributed by atoms with E-state index in [9.17, 15) is 4.79 Å². The summed E-state index contributed by atoms with van der Waals surface area (Å²) in [6.07, 6.45) is 6.59. The van der Waals surface area contributed by atoms with E-state index in [1.807, 2.05) is 12.1 Å². The number of carbonyl (C=O) groups is 1. The first-order valence-electron chi connectivity index (χ1n) is 12.6. The fraction of sp³-hybridized carbons (Fsp3) is 0.414. The van der Waals surface area contributed by atoms with Crippen LogP contribution in [0.1, 0.15) is 71.2 Å². The first kappa shape index (κ1) is 22.7. The van der Waals surface area contributed by atoms with Gasteiger partial charge in [0.15, 0.2) is 5.78 Å². The summed E-state index contributed by atoms with van der Waals surface area (Å²) in [5.41, 5.74) is 7.77.